The second-order valence-corrected chi connectivity index (χ2v) is 5.78. The Morgan fingerprint density at radius 1 is 1.12 bits per heavy atom. The molecule has 126 valence electrons. The Morgan fingerprint density at radius 3 is 2.42 bits per heavy atom. The van der Waals surface area contributed by atoms with E-state index in [4.69, 9.17) is 5.11 Å². The maximum Gasteiger partial charge on any atom is 0.303 e. The molecule has 0 saturated carbocycles. The van der Waals surface area contributed by atoms with Gasteiger partial charge in [0.05, 0.1) is 0 Å². The quantitative estimate of drug-likeness (QED) is 0.814. The van der Waals surface area contributed by atoms with E-state index >= 15 is 0 Å². The maximum atomic E-state index is 13.6. The van der Waals surface area contributed by atoms with Crippen LogP contribution in [0.5, 0.6) is 0 Å². The van der Waals surface area contributed by atoms with Crippen molar-refractivity contribution in [2.24, 2.45) is 5.92 Å². The van der Waals surface area contributed by atoms with Gasteiger partial charge in [-0.25, -0.2) is 4.39 Å². The molecule has 0 radical (unpaired) electrons. The molecule has 2 N–H and O–H groups in total. The van der Waals surface area contributed by atoms with Crippen LogP contribution in [0.4, 0.5) is 10.1 Å². The van der Waals surface area contributed by atoms with Gasteiger partial charge in [-0.1, -0.05) is 37.3 Å². The number of nitrogens with one attached hydrogen (secondary N) is 1. The van der Waals surface area contributed by atoms with Gasteiger partial charge in [0, 0.05) is 18.0 Å². The number of carboxylic acid groups (broad SMARTS) is 1. The van der Waals surface area contributed by atoms with E-state index in [1.54, 1.807) is 49.4 Å². The van der Waals surface area contributed by atoms with Gasteiger partial charge >= 0.3 is 5.97 Å². The molecule has 1 unspecified atom stereocenters. The van der Waals surface area contributed by atoms with Gasteiger partial charge in [-0.2, -0.15) is 0 Å². The zero-order chi connectivity index (χ0) is 17.5. The summed E-state index contributed by atoms with van der Waals surface area (Å²) in [6, 6.07) is 13.5. The third kappa shape index (κ3) is 5.19. The summed E-state index contributed by atoms with van der Waals surface area (Å²) in [5.74, 6) is -1.69. The van der Waals surface area contributed by atoms with E-state index in [2.05, 4.69) is 5.32 Å². The highest BCUT2D eigenvalue weighted by atomic mass is 19.1. The summed E-state index contributed by atoms with van der Waals surface area (Å²) < 4.78 is 13.6. The summed E-state index contributed by atoms with van der Waals surface area (Å²) in [6.45, 7) is 1.75. The van der Waals surface area contributed by atoms with Crippen LogP contribution in [0, 0.1) is 11.7 Å². The van der Waals surface area contributed by atoms with Crippen LogP contribution in [-0.4, -0.2) is 17.0 Å². The molecule has 0 aliphatic rings. The van der Waals surface area contributed by atoms with Crippen molar-refractivity contribution in [3.8, 4) is 0 Å². The van der Waals surface area contributed by atoms with Gasteiger partial charge in [-0.3, -0.25) is 9.59 Å². The molecule has 0 aromatic heterocycles. The Labute approximate surface area is 140 Å². The van der Waals surface area contributed by atoms with Crippen LogP contribution >= 0.6 is 0 Å². The molecular weight excluding hydrogens is 309 g/mol. The van der Waals surface area contributed by atoms with Gasteiger partial charge in [0.25, 0.3) is 0 Å². The SMILES string of the molecule is CC(Cc1ccccc1F)C(=O)Nc1ccc(CCC(=O)O)cc1. The number of carboxylic acids is 1. The highest BCUT2D eigenvalue weighted by molar-refractivity contribution is 5.92. The van der Waals surface area contributed by atoms with Crippen molar-refractivity contribution in [1.29, 1.82) is 0 Å². The predicted octanol–water partition coefficient (Wildman–Crippen LogP) is 3.66. The molecule has 0 spiro atoms. The van der Waals surface area contributed by atoms with Crippen molar-refractivity contribution in [1.82, 2.24) is 0 Å². The highest BCUT2D eigenvalue weighted by Crippen LogP contribution is 2.16. The molecule has 0 bridgehead atoms. The number of halogens is 1. The molecule has 1 amide bonds. The smallest absolute Gasteiger partial charge is 0.303 e. The Kier molecular flexibility index (Phi) is 6.07. The summed E-state index contributed by atoms with van der Waals surface area (Å²) >= 11 is 0. The number of hydrogen-bond acceptors (Lipinski definition) is 2. The van der Waals surface area contributed by atoms with Crippen LogP contribution in [-0.2, 0) is 22.4 Å². The van der Waals surface area contributed by atoms with E-state index in [1.807, 2.05) is 0 Å². The first-order valence-electron chi connectivity index (χ1n) is 7.80. The van der Waals surface area contributed by atoms with Crippen molar-refractivity contribution in [3.05, 3.63) is 65.5 Å². The summed E-state index contributed by atoms with van der Waals surface area (Å²) in [6.07, 6.45) is 0.855. The largest absolute Gasteiger partial charge is 0.481 e. The first-order chi connectivity index (χ1) is 11.5. The van der Waals surface area contributed by atoms with Crippen LogP contribution in [0.25, 0.3) is 0 Å². The molecule has 2 rings (SSSR count). The van der Waals surface area contributed by atoms with Crippen LogP contribution in [0.15, 0.2) is 48.5 Å². The summed E-state index contributed by atoms with van der Waals surface area (Å²) in [5.41, 5.74) is 2.05. The molecule has 1 atom stereocenters. The van der Waals surface area contributed by atoms with Gasteiger partial charge in [0.15, 0.2) is 0 Å². The third-order valence-electron chi connectivity index (χ3n) is 3.78. The lowest BCUT2D eigenvalue weighted by Gasteiger charge is -2.13. The fourth-order valence-electron chi connectivity index (χ4n) is 2.36. The Hall–Kier alpha value is -2.69. The molecule has 0 aliphatic carbocycles. The van der Waals surface area contributed by atoms with Crippen LogP contribution in [0.3, 0.4) is 0 Å². The Balaban J connectivity index is 1.91. The third-order valence-corrected chi connectivity index (χ3v) is 3.78. The second-order valence-electron chi connectivity index (χ2n) is 5.78. The van der Waals surface area contributed by atoms with Crippen LogP contribution in [0.2, 0.25) is 0 Å². The van der Waals surface area contributed by atoms with Gasteiger partial charge in [0.2, 0.25) is 5.91 Å². The van der Waals surface area contributed by atoms with Crippen molar-refractivity contribution in [2.45, 2.75) is 26.2 Å². The van der Waals surface area contributed by atoms with Gasteiger partial charge in [0.1, 0.15) is 5.82 Å². The average molecular weight is 329 g/mol. The van der Waals surface area contributed by atoms with E-state index in [1.165, 1.54) is 6.07 Å². The highest BCUT2D eigenvalue weighted by Gasteiger charge is 2.15. The van der Waals surface area contributed by atoms with Gasteiger partial charge in [-0.05, 0) is 42.2 Å². The predicted molar refractivity (Wildman–Crippen MR) is 90.3 cm³/mol. The van der Waals surface area contributed by atoms with Crippen molar-refractivity contribution >= 4 is 17.6 Å². The molecule has 2 aromatic rings. The van der Waals surface area contributed by atoms with Crippen molar-refractivity contribution in [3.63, 3.8) is 0 Å². The number of carbonyl (C=O) groups is 2. The number of carbonyl (C=O) groups excluding carboxylic acids is 1. The zero-order valence-corrected chi connectivity index (χ0v) is 13.5. The monoisotopic (exact) mass is 329 g/mol. The van der Waals surface area contributed by atoms with Crippen molar-refractivity contribution in [2.75, 3.05) is 5.32 Å². The molecule has 24 heavy (non-hydrogen) atoms. The van der Waals surface area contributed by atoms with Crippen molar-refractivity contribution < 1.29 is 19.1 Å². The molecule has 2 aromatic carbocycles. The lowest BCUT2D eigenvalue weighted by atomic mass is 10.00. The molecule has 0 fully saturated rings. The number of hydrogen-bond donors (Lipinski definition) is 2. The van der Waals surface area contributed by atoms with Crippen LogP contribution in [0.1, 0.15) is 24.5 Å². The molecule has 0 aliphatic heterocycles. The lowest BCUT2D eigenvalue weighted by Crippen LogP contribution is -2.22. The minimum absolute atomic E-state index is 0.0748. The fourth-order valence-corrected chi connectivity index (χ4v) is 2.36. The summed E-state index contributed by atoms with van der Waals surface area (Å²) in [5, 5.41) is 11.5. The number of anilines is 1. The average Bonchev–Trinajstić information content (AvgIpc) is 2.56. The topological polar surface area (TPSA) is 66.4 Å². The minimum atomic E-state index is -0.839. The summed E-state index contributed by atoms with van der Waals surface area (Å²) in [4.78, 5) is 22.8. The van der Waals surface area contributed by atoms with E-state index in [0.29, 0.717) is 24.1 Å². The van der Waals surface area contributed by atoms with E-state index < -0.39 is 5.97 Å². The number of aryl methyl sites for hydroxylation is 1. The van der Waals surface area contributed by atoms with E-state index in [-0.39, 0.29) is 24.1 Å². The van der Waals surface area contributed by atoms with E-state index in [0.717, 1.165) is 5.56 Å². The summed E-state index contributed by atoms with van der Waals surface area (Å²) in [7, 11) is 0. The number of rotatable bonds is 7. The molecule has 4 nitrogen and oxygen atoms in total. The minimum Gasteiger partial charge on any atom is -0.481 e. The van der Waals surface area contributed by atoms with Gasteiger partial charge in [-0.15, -0.1) is 0 Å². The second kappa shape index (κ2) is 8.24. The van der Waals surface area contributed by atoms with Crippen LogP contribution < -0.4 is 5.32 Å². The normalized spacial score (nSPS) is 11.8. The van der Waals surface area contributed by atoms with E-state index in [9.17, 15) is 14.0 Å². The molecule has 0 saturated heterocycles. The number of amides is 1. The molecular formula is C19H20FNO3. The lowest BCUT2D eigenvalue weighted by molar-refractivity contribution is -0.137. The number of benzene rings is 2. The Bertz CT molecular complexity index is 713. The standard InChI is InChI=1S/C19H20FNO3/c1-13(12-15-4-2-3-5-17(15)20)19(24)21-16-9-6-14(7-10-16)8-11-18(22)23/h2-7,9-10,13H,8,11-12H2,1H3,(H,21,24)(H,22,23). The fraction of sp³-hybridized carbons (Fsp3) is 0.263. The Morgan fingerprint density at radius 2 is 1.79 bits per heavy atom. The van der Waals surface area contributed by atoms with Gasteiger partial charge < -0.3 is 10.4 Å². The molecule has 5 heteroatoms. The molecule has 0 heterocycles. The number of aliphatic carboxylic acids is 1. The zero-order valence-electron chi connectivity index (χ0n) is 13.5. The first-order valence-corrected chi connectivity index (χ1v) is 7.80. The first kappa shape index (κ1) is 17.7. The maximum absolute atomic E-state index is 13.6.